The molecule has 0 saturated carbocycles. The lowest BCUT2D eigenvalue weighted by molar-refractivity contribution is 0.617. The number of H-pyrrole nitrogens is 1. The van der Waals surface area contributed by atoms with Crippen LogP contribution in [-0.4, -0.2) is 22.6 Å². The minimum Gasteiger partial charge on any atom is -0.397 e. The van der Waals surface area contributed by atoms with E-state index in [4.69, 9.17) is 5.73 Å². The van der Waals surface area contributed by atoms with E-state index in [1.165, 1.54) is 32.0 Å². The summed E-state index contributed by atoms with van der Waals surface area (Å²) in [5.41, 5.74) is 8.40. The van der Waals surface area contributed by atoms with Gasteiger partial charge in [0, 0.05) is 12.6 Å². The van der Waals surface area contributed by atoms with Crippen molar-refractivity contribution in [2.24, 2.45) is 0 Å². The van der Waals surface area contributed by atoms with Crippen molar-refractivity contribution < 1.29 is 0 Å². The maximum absolute atomic E-state index is 11.8. The number of nitrogens with zero attached hydrogens (tertiary/aromatic N) is 2. The monoisotopic (exact) mass is 272 g/mol. The Morgan fingerprint density at radius 3 is 3.05 bits per heavy atom. The molecule has 1 unspecified atom stereocenters. The van der Waals surface area contributed by atoms with Crippen LogP contribution in [0.25, 0.3) is 10.9 Å². The number of rotatable bonds is 1. The zero-order chi connectivity index (χ0) is 14.1. The number of benzene rings is 1. The van der Waals surface area contributed by atoms with E-state index in [0.717, 1.165) is 12.2 Å². The van der Waals surface area contributed by atoms with Crippen molar-refractivity contribution >= 4 is 22.3 Å². The third kappa shape index (κ3) is 2.24. The van der Waals surface area contributed by atoms with Crippen molar-refractivity contribution in [2.45, 2.75) is 38.6 Å². The molecule has 0 bridgehead atoms. The van der Waals surface area contributed by atoms with Gasteiger partial charge in [0.15, 0.2) is 0 Å². The maximum Gasteiger partial charge on any atom is 0.258 e. The predicted octanol–water partition coefficient (Wildman–Crippen LogP) is 2.27. The Morgan fingerprint density at radius 1 is 1.35 bits per heavy atom. The quantitative estimate of drug-likeness (QED) is 0.781. The van der Waals surface area contributed by atoms with Crippen LogP contribution in [-0.2, 0) is 0 Å². The minimum absolute atomic E-state index is 0.142. The van der Waals surface area contributed by atoms with Gasteiger partial charge in [-0.05, 0) is 31.9 Å². The molecule has 106 valence electrons. The second-order valence-electron chi connectivity index (χ2n) is 5.55. The fourth-order valence-electron chi connectivity index (χ4n) is 3.00. The van der Waals surface area contributed by atoms with E-state index in [2.05, 4.69) is 21.8 Å². The Labute approximate surface area is 117 Å². The average molecular weight is 272 g/mol. The summed E-state index contributed by atoms with van der Waals surface area (Å²) >= 11 is 0. The maximum atomic E-state index is 11.8. The highest BCUT2D eigenvalue weighted by Gasteiger charge is 2.20. The third-order valence-electron chi connectivity index (χ3n) is 4.15. The number of fused-ring (bicyclic) bond motifs is 1. The number of aromatic amines is 1. The van der Waals surface area contributed by atoms with E-state index < -0.39 is 0 Å². The molecule has 3 rings (SSSR count). The molecular formula is C15H20N4O. The van der Waals surface area contributed by atoms with Crippen LogP contribution in [0.2, 0.25) is 0 Å². The van der Waals surface area contributed by atoms with Crippen molar-refractivity contribution in [1.82, 2.24) is 9.97 Å². The Bertz CT molecular complexity index is 679. The highest BCUT2D eigenvalue weighted by molar-refractivity contribution is 5.88. The first-order chi connectivity index (χ1) is 9.66. The van der Waals surface area contributed by atoms with Crippen LogP contribution in [0.5, 0.6) is 0 Å². The molecule has 1 atom stereocenters. The first-order valence-corrected chi connectivity index (χ1v) is 7.20. The summed E-state index contributed by atoms with van der Waals surface area (Å²) < 4.78 is 0. The molecule has 5 nitrogen and oxygen atoms in total. The number of nitrogens with two attached hydrogens (primary N) is 1. The predicted molar refractivity (Wildman–Crippen MR) is 82.1 cm³/mol. The number of anilines is 2. The van der Waals surface area contributed by atoms with Gasteiger partial charge in [0.25, 0.3) is 5.56 Å². The van der Waals surface area contributed by atoms with E-state index in [1.807, 2.05) is 6.07 Å². The van der Waals surface area contributed by atoms with Gasteiger partial charge < -0.3 is 15.6 Å². The topological polar surface area (TPSA) is 75.0 Å². The van der Waals surface area contributed by atoms with Gasteiger partial charge in [0.1, 0.15) is 0 Å². The van der Waals surface area contributed by atoms with Crippen LogP contribution < -0.4 is 16.2 Å². The second kappa shape index (κ2) is 5.15. The Kier molecular flexibility index (Phi) is 3.34. The molecule has 20 heavy (non-hydrogen) atoms. The molecule has 2 heterocycles. The first-order valence-electron chi connectivity index (χ1n) is 7.20. The van der Waals surface area contributed by atoms with Gasteiger partial charge in [-0.3, -0.25) is 4.79 Å². The van der Waals surface area contributed by atoms with E-state index in [-0.39, 0.29) is 5.56 Å². The van der Waals surface area contributed by atoms with Gasteiger partial charge >= 0.3 is 0 Å². The lowest BCUT2D eigenvalue weighted by Crippen LogP contribution is -2.33. The fraction of sp³-hybridized carbons (Fsp3) is 0.467. The van der Waals surface area contributed by atoms with E-state index >= 15 is 0 Å². The molecule has 0 spiro atoms. The fourth-order valence-corrected chi connectivity index (χ4v) is 3.00. The molecule has 1 aliphatic heterocycles. The molecule has 0 amide bonds. The molecular weight excluding hydrogens is 252 g/mol. The van der Waals surface area contributed by atoms with Crippen molar-refractivity contribution in [1.29, 1.82) is 0 Å². The standard InChI is InChI=1S/C15H20N4O/c1-10-5-3-2-4-6-19(10)14-8-13-11(7-12(14)16)15(20)18-9-17-13/h7-10H,2-6,16H2,1H3,(H,17,18,20). The molecule has 1 saturated heterocycles. The van der Waals surface area contributed by atoms with Crippen molar-refractivity contribution in [3.8, 4) is 0 Å². The van der Waals surface area contributed by atoms with Crippen LogP contribution in [0.4, 0.5) is 11.4 Å². The normalized spacial score (nSPS) is 20.1. The molecule has 5 heteroatoms. The van der Waals surface area contributed by atoms with Crippen LogP contribution in [0.3, 0.4) is 0 Å². The van der Waals surface area contributed by atoms with Gasteiger partial charge in [-0.15, -0.1) is 0 Å². The van der Waals surface area contributed by atoms with Crippen LogP contribution in [0, 0.1) is 0 Å². The highest BCUT2D eigenvalue weighted by atomic mass is 16.1. The van der Waals surface area contributed by atoms with E-state index in [9.17, 15) is 4.79 Å². The van der Waals surface area contributed by atoms with Crippen molar-refractivity contribution in [2.75, 3.05) is 17.2 Å². The molecule has 1 aromatic heterocycles. The Hall–Kier alpha value is -2.04. The zero-order valence-corrected chi connectivity index (χ0v) is 11.7. The van der Waals surface area contributed by atoms with Crippen LogP contribution >= 0.6 is 0 Å². The molecule has 2 aromatic rings. The molecule has 3 N–H and O–H groups in total. The van der Waals surface area contributed by atoms with Gasteiger partial charge in [0.2, 0.25) is 0 Å². The SMILES string of the molecule is CC1CCCCCN1c1cc2nc[nH]c(=O)c2cc1N. The Balaban J connectivity index is 2.11. The third-order valence-corrected chi connectivity index (χ3v) is 4.15. The lowest BCUT2D eigenvalue weighted by atomic mass is 10.1. The molecule has 1 aromatic carbocycles. The Morgan fingerprint density at radius 2 is 2.20 bits per heavy atom. The summed E-state index contributed by atoms with van der Waals surface area (Å²) in [5, 5.41) is 0.552. The lowest BCUT2D eigenvalue weighted by Gasteiger charge is -2.30. The summed E-state index contributed by atoms with van der Waals surface area (Å²) in [6.07, 6.45) is 6.34. The second-order valence-corrected chi connectivity index (χ2v) is 5.55. The molecule has 0 radical (unpaired) electrons. The largest absolute Gasteiger partial charge is 0.397 e. The zero-order valence-electron chi connectivity index (χ0n) is 11.7. The van der Waals surface area contributed by atoms with Gasteiger partial charge in [-0.2, -0.15) is 0 Å². The number of nitrogens with one attached hydrogen (secondary N) is 1. The van der Waals surface area contributed by atoms with E-state index in [1.54, 1.807) is 6.07 Å². The number of hydrogen-bond acceptors (Lipinski definition) is 4. The van der Waals surface area contributed by atoms with Gasteiger partial charge in [0.05, 0.1) is 28.6 Å². The van der Waals surface area contributed by atoms with Crippen LogP contribution in [0.1, 0.15) is 32.6 Å². The van der Waals surface area contributed by atoms with Gasteiger partial charge in [-0.1, -0.05) is 12.8 Å². The summed E-state index contributed by atoms with van der Waals surface area (Å²) in [7, 11) is 0. The van der Waals surface area contributed by atoms with Crippen molar-refractivity contribution in [3.63, 3.8) is 0 Å². The smallest absolute Gasteiger partial charge is 0.258 e. The first kappa shape index (κ1) is 13.0. The minimum atomic E-state index is -0.142. The summed E-state index contributed by atoms with van der Waals surface area (Å²) in [6.45, 7) is 3.25. The number of aromatic nitrogens is 2. The number of hydrogen-bond donors (Lipinski definition) is 2. The summed E-state index contributed by atoms with van der Waals surface area (Å²) in [4.78, 5) is 21.0. The van der Waals surface area contributed by atoms with Gasteiger partial charge in [-0.25, -0.2) is 4.98 Å². The molecule has 1 fully saturated rings. The summed E-state index contributed by atoms with van der Waals surface area (Å²) in [6, 6.07) is 4.16. The molecule has 0 aliphatic carbocycles. The summed E-state index contributed by atoms with van der Waals surface area (Å²) in [5.74, 6) is 0. The van der Waals surface area contributed by atoms with E-state index in [0.29, 0.717) is 22.6 Å². The van der Waals surface area contributed by atoms with Crippen LogP contribution in [0.15, 0.2) is 23.3 Å². The average Bonchev–Trinajstić information content (AvgIpc) is 2.64. The molecule has 1 aliphatic rings. The highest BCUT2D eigenvalue weighted by Crippen LogP contribution is 2.31. The van der Waals surface area contributed by atoms with Crippen molar-refractivity contribution in [3.05, 3.63) is 28.8 Å². The number of nitrogen functional groups attached to an aromatic ring is 1.